The molecule has 0 fully saturated rings. The van der Waals surface area contributed by atoms with Crippen LogP contribution in [0.25, 0.3) is 0 Å². The zero-order valence-corrected chi connectivity index (χ0v) is 13.3. The van der Waals surface area contributed by atoms with Gasteiger partial charge in [0.15, 0.2) is 0 Å². The van der Waals surface area contributed by atoms with Crippen LogP contribution in [-0.2, 0) is 4.74 Å². The standard InChI is InChI=1S/C14H13FIN3O2/c1-2-21-14(20)10-6-9(17)7-18-13(10)19-12-4-3-8(15)5-11(12)16/h3-7H,2,17H2,1H3,(H,18,19). The van der Waals surface area contributed by atoms with E-state index in [1.807, 2.05) is 22.6 Å². The average Bonchev–Trinajstić information content (AvgIpc) is 2.43. The first-order valence-electron chi connectivity index (χ1n) is 6.16. The molecule has 21 heavy (non-hydrogen) atoms. The monoisotopic (exact) mass is 401 g/mol. The molecular weight excluding hydrogens is 388 g/mol. The van der Waals surface area contributed by atoms with Gasteiger partial charge in [0.2, 0.25) is 0 Å². The molecule has 0 amide bonds. The number of halogens is 2. The average molecular weight is 401 g/mol. The number of rotatable bonds is 4. The number of nitrogens with one attached hydrogen (secondary N) is 1. The van der Waals surface area contributed by atoms with Gasteiger partial charge in [-0.3, -0.25) is 0 Å². The molecule has 5 nitrogen and oxygen atoms in total. The van der Waals surface area contributed by atoms with Gasteiger partial charge in [0, 0.05) is 3.57 Å². The van der Waals surface area contributed by atoms with Crippen molar-refractivity contribution in [1.29, 1.82) is 0 Å². The topological polar surface area (TPSA) is 77.2 Å². The minimum atomic E-state index is -0.517. The Hall–Kier alpha value is -1.90. The molecule has 0 aliphatic heterocycles. The van der Waals surface area contributed by atoms with E-state index in [1.54, 1.807) is 13.0 Å². The second-order valence-corrected chi connectivity index (χ2v) is 5.30. The van der Waals surface area contributed by atoms with Crippen LogP contribution in [0.15, 0.2) is 30.5 Å². The van der Waals surface area contributed by atoms with Gasteiger partial charge in [-0.15, -0.1) is 0 Å². The molecule has 7 heteroatoms. The van der Waals surface area contributed by atoms with Crippen molar-refractivity contribution < 1.29 is 13.9 Å². The van der Waals surface area contributed by atoms with Crippen LogP contribution in [0.5, 0.6) is 0 Å². The van der Waals surface area contributed by atoms with Gasteiger partial charge in [-0.05, 0) is 53.8 Å². The van der Waals surface area contributed by atoms with E-state index >= 15 is 0 Å². The second kappa shape index (κ2) is 6.70. The van der Waals surface area contributed by atoms with E-state index in [2.05, 4.69) is 10.3 Å². The number of benzene rings is 1. The number of carbonyl (C=O) groups excluding carboxylic acids is 1. The Bertz CT molecular complexity index is 679. The smallest absolute Gasteiger partial charge is 0.341 e. The third-order valence-corrected chi connectivity index (χ3v) is 3.48. The highest BCUT2D eigenvalue weighted by molar-refractivity contribution is 14.1. The summed E-state index contributed by atoms with van der Waals surface area (Å²) in [6.45, 7) is 1.97. The Morgan fingerprint density at radius 2 is 2.24 bits per heavy atom. The highest BCUT2D eigenvalue weighted by Crippen LogP contribution is 2.25. The number of nitrogens with two attached hydrogens (primary N) is 1. The number of nitrogen functional groups attached to an aromatic ring is 1. The van der Waals surface area contributed by atoms with Crippen LogP contribution in [-0.4, -0.2) is 17.6 Å². The maximum absolute atomic E-state index is 13.1. The summed E-state index contributed by atoms with van der Waals surface area (Å²) in [7, 11) is 0. The number of ether oxygens (including phenoxy) is 1. The van der Waals surface area contributed by atoms with Crippen molar-refractivity contribution in [3.8, 4) is 0 Å². The number of pyridine rings is 1. The molecule has 1 heterocycles. The Morgan fingerprint density at radius 3 is 2.90 bits per heavy atom. The second-order valence-electron chi connectivity index (χ2n) is 4.13. The van der Waals surface area contributed by atoms with Crippen molar-refractivity contribution in [2.45, 2.75) is 6.92 Å². The van der Waals surface area contributed by atoms with Gasteiger partial charge >= 0.3 is 5.97 Å². The van der Waals surface area contributed by atoms with Gasteiger partial charge < -0.3 is 15.8 Å². The van der Waals surface area contributed by atoms with Crippen LogP contribution < -0.4 is 11.1 Å². The Balaban J connectivity index is 2.37. The normalized spacial score (nSPS) is 10.2. The minimum Gasteiger partial charge on any atom is -0.462 e. The lowest BCUT2D eigenvalue weighted by Crippen LogP contribution is -2.10. The highest BCUT2D eigenvalue weighted by Gasteiger charge is 2.15. The molecule has 0 aliphatic carbocycles. The largest absolute Gasteiger partial charge is 0.462 e. The van der Waals surface area contributed by atoms with E-state index in [9.17, 15) is 9.18 Å². The van der Waals surface area contributed by atoms with E-state index in [4.69, 9.17) is 10.5 Å². The molecule has 0 atom stereocenters. The van der Waals surface area contributed by atoms with Crippen LogP contribution in [0.3, 0.4) is 0 Å². The van der Waals surface area contributed by atoms with E-state index in [0.717, 1.165) is 0 Å². The molecule has 2 rings (SSSR count). The number of aromatic nitrogens is 1. The summed E-state index contributed by atoms with van der Waals surface area (Å²) in [5.74, 6) is -0.537. The summed E-state index contributed by atoms with van der Waals surface area (Å²) >= 11 is 1.99. The van der Waals surface area contributed by atoms with Crippen molar-refractivity contribution >= 4 is 45.8 Å². The first kappa shape index (κ1) is 15.5. The number of esters is 1. The van der Waals surface area contributed by atoms with E-state index in [0.29, 0.717) is 20.8 Å². The van der Waals surface area contributed by atoms with Gasteiger partial charge in [-0.2, -0.15) is 0 Å². The van der Waals surface area contributed by atoms with Crippen molar-refractivity contribution in [3.63, 3.8) is 0 Å². The highest BCUT2D eigenvalue weighted by atomic mass is 127. The molecule has 1 aromatic carbocycles. The number of anilines is 3. The lowest BCUT2D eigenvalue weighted by atomic mass is 10.2. The van der Waals surface area contributed by atoms with E-state index < -0.39 is 5.97 Å². The minimum absolute atomic E-state index is 0.233. The molecule has 0 spiro atoms. The third kappa shape index (κ3) is 3.81. The lowest BCUT2D eigenvalue weighted by Gasteiger charge is -2.12. The molecule has 0 bridgehead atoms. The Morgan fingerprint density at radius 1 is 1.48 bits per heavy atom. The van der Waals surface area contributed by atoms with Gasteiger partial charge in [-0.25, -0.2) is 14.2 Å². The molecule has 0 radical (unpaired) electrons. The molecule has 1 aromatic heterocycles. The molecular formula is C14H13FIN3O2. The summed E-state index contributed by atoms with van der Waals surface area (Å²) in [4.78, 5) is 16.0. The fourth-order valence-corrected chi connectivity index (χ4v) is 2.28. The number of hydrogen-bond donors (Lipinski definition) is 2. The summed E-state index contributed by atoms with van der Waals surface area (Å²) in [5.41, 5.74) is 6.89. The number of carbonyl (C=O) groups is 1. The predicted octanol–water partition coefficient (Wildman–Crippen LogP) is 3.33. The molecule has 0 unspecified atom stereocenters. The lowest BCUT2D eigenvalue weighted by molar-refractivity contribution is 0.0527. The predicted molar refractivity (Wildman–Crippen MR) is 87.0 cm³/mol. The zero-order chi connectivity index (χ0) is 15.4. The Labute approximate surface area is 134 Å². The fraction of sp³-hybridized carbons (Fsp3) is 0.143. The van der Waals surface area contributed by atoms with Crippen LogP contribution in [0.2, 0.25) is 0 Å². The summed E-state index contributed by atoms with van der Waals surface area (Å²) in [5, 5.41) is 2.99. The first-order chi connectivity index (χ1) is 10.0. The van der Waals surface area contributed by atoms with Crippen LogP contribution >= 0.6 is 22.6 Å². The van der Waals surface area contributed by atoms with Crippen molar-refractivity contribution in [3.05, 3.63) is 45.4 Å². The maximum atomic E-state index is 13.1. The molecule has 0 saturated carbocycles. The van der Waals surface area contributed by atoms with Crippen LogP contribution in [0, 0.1) is 9.39 Å². The van der Waals surface area contributed by atoms with Crippen molar-refractivity contribution in [2.75, 3.05) is 17.7 Å². The SMILES string of the molecule is CCOC(=O)c1cc(N)cnc1Nc1ccc(F)cc1I. The summed E-state index contributed by atoms with van der Waals surface area (Å²) < 4.78 is 18.8. The van der Waals surface area contributed by atoms with Crippen molar-refractivity contribution in [2.24, 2.45) is 0 Å². The van der Waals surface area contributed by atoms with Gasteiger partial charge in [0.25, 0.3) is 0 Å². The molecule has 110 valence electrons. The molecule has 0 saturated heterocycles. The van der Waals surface area contributed by atoms with Crippen molar-refractivity contribution in [1.82, 2.24) is 4.98 Å². The van der Waals surface area contributed by atoms with Gasteiger partial charge in [-0.1, -0.05) is 0 Å². The van der Waals surface area contributed by atoms with Gasteiger partial charge in [0.1, 0.15) is 17.2 Å². The maximum Gasteiger partial charge on any atom is 0.341 e. The van der Waals surface area contributed by atoms with E-state index in [-0.39, 0.29) is 18.0 Å². The summed E-state index contributed by atoms with van der Waals surface area (Å²) in [6, 6.07) is 5.77. The fourth-order valence-electron chi connectivity index (χ4n) is 1.66. The Kier molecular flexibility index (Phi) is 4.94. The molecule has 3 N–H and O–H groups in total. The zero-order valence-electron chi connectivity index (χ0n) is 11.2. The molecule has 2 aromatic rings. The van der Waals surface area contributed by atoms with E-state index in [1.165, 1.54) is 24.4 Å². The number of hydrogen-bond acceptors (Lipinski definition) is 5. The van der Waals surface area contributed by atoms with Crippen LogP contribution in [0.1, 0.15) is 17.3 Å². The third-order valence-electron chi connectivity index (χ3n) is 2.59. The summed E-state index contributed by atoms with van der Waals surface area (Å²) in [6.07, 6.45) is 1.43. The van der Waals surface area contributed by atoms with Crippen LogP contribution in [0.4, 0.5) is 21.6 Å². The molecule has 0 aliphatic rings. The quantitative estimate of drug-likeness (QED) is 0.607. The van der Waals surface area contributed by atoms with Gasteiger partial charge in [0.05, 0.1) is 24.2 Å². The number of nitrogens with zero attached hydrogens (tertiary/aromatic N) is 1. The first-order valence-corrected chi connectivity index (χ1v) is 7.24.